The molecular weight excluding hydrogens is 328 g/mol. The van der Waals surface area contributed by atoms with Gasteiger partial charge in [-0.15, -0.1) is 0 Å². The van der Waals surface area contributed by atoms with Gasteiger partial charge in [-0.25, -0.2) is 0 Å². The van der Waals surface area contributed by atoms with Crippen LogP contribution in [0.15, 0.2) is 24.3 Å². The normalized spacial score (nSPS) is 24.5. The number of rotatable bonds is 8. The number of nitrogens with one attached hydrogen (secondary N) is 2. The Hall–Kier alpha value is -1.59. The van der Waals surface area contributed by atoms with Gasteiger partial charge in [0.25, 0.3) is 0 Å². The molecule has 3 rings (SSSR count). The number of ether oxygens (including phenoxy) is 1. The first-order valence-corrected chi connectivity index (χ1v) is 9.97. The maximum Gasteiger partial charge on any atom is 0.220 e. The van der Waals surface area contributed by atoms with Gasteiger partial charge in [-0.1, -0.05) is 12.1 Å². The minimum absolute atomic E-state index is 0.156. The van der Waals surface area contributed by atoms with Crippen LogP contribution >= 0.6 is 0 Å². The van der Waals surface area contributed by atoms with Gasteiger partial charge >= 0.3 is 0 Å². The molecule has 5 nitrogen and oxygen atoms in total. The lowest BCUT2D eigenvalue weighted by molar-refractivity contribution is -0.123. The molecule has 144 valence electrons. The van der Waals surface area contributed by atoms with Crippen molar-refractivity contribution in [1.82, 2.24) is 10.6 Å². The summed E-state index contributed by atoms with van der Waals surface area (Å²) in [7, 11) is 1.67. The molecule has 1 aliphatic carbocycles. The molecule has 0 aromatic heterocycles. The van der Waals surface area contributed by atoms with Crippen molar-refractivity contribution >= 4 is 5.91 Å². The first-order chi connectivity index (χ1) is 12.7. The highest BCUT2D eigenvalue weighted by atomic mass is 16.5. The molecule has 26 heavy (non-hydrogen) atoms. The molecule has 1 aliphatic heterocycles. The lowest BCUT2D eigenvalue weighted by atomic mass is 9.71. The van der Waals surface area contributed by atoms with Crippen molar-refractivity contribution in [2.75, 3.05) is 20.2 Å². The Labute approximate surface area is 156 Å². The monoisotopic (exact) mass is 360 g/mol. The summed E-state index contributed by atoms with van der Waals surface area (Å²) in [5.41, 5.74) is 1.23. The number of aliphatic hydroxyl groups excluding tert-OH is 1. The number of methoxy groups -OCH3 is 1. The van der Waals surface area contributed by atoms with Crippen LogP contribution in [0.4, 0.5) is 0 Å². The minimum Gasteiger partial charge on any atom is -0.497 e. The molecule has 1 atom stereocenters. The van der Waals surface area contributed by atoms with Crippen molar-refractivity contribution in [3.63, 3.8) is 0 Å². The maximum absolute atomic E-state index is 12.5. The molecule has 2 aliphatic rings. The number of carbonyl (C=O) groups is 1. The Kier molecular flexibility index (Phi) is 6.92. The Morgan fingerprint density at radius 3 is 2.54 bits per heavy atom. The molecular formula is C21H32N2O3. The topological polar surface area (TPSA) is 70.6 Å². The van der Waals surface area contributed by atoms with E-state index >= 15 is 0 Å². The third-order valence-electron chi connectivity index (χ3n) is 5.91. The van der Waals surface area contributed by atoms with Crippen molar-refractivity contribution in [3.8, 4) is 5.75 Å². The van der Waals surface area contributed by atoms with E-state index in [2.05, 4.69) is 22.8 Å². The molecule has 3 N–H and O–H groups in total. The van der Waals surface area contributed by atoms with E-state index in [0.29, 0.717) is 18.3 Å². The number of hydrogen-bond acceptors (Lipinski definition) is 4. The van der Waals surface area contributed by atoms with Gasteiger partial charge in [-0.3, -0.25) is 4.79 Å². The molecule has 1 saturated heterocycles. The van der Waals surface area contributed by atoms with Gasteiger partial charge in [0.2, 0.25) is 5.91 Å². The summed E-state index contributed by atoms with van der Waals surface area (Å²) in [5.74, 6) is 2.00. The summed E-state index contributed by atoms with van der Waals surface area (Å²) in [6, 6.07) is 8.28. The lowest BCUT2D eigenvalue weighted by Crippen LogP contribution is -2.52. The predicted octanol–water partition coefficient (Wildman–Crippen LogP) is 2.27. The number of carbonyl (C=O) groups excluding carboxylic acids is 1. The Morgan fingerprint density at radius 2 is 1.92 bits per heavy atom. The molecule has 0 bridgehead atoms. The highest BCUT2D eigenvalue weighted by molar-refractivity contribution is 5.76. The largest absolute Gasteiger partial charge is 0.497 e. The molecule has 1 saturated carbocycles. The van der Waals surface area contributed by atoms with E-state index in [1.165, 1.54) is 5.56 Å². The van der Waals surface area contributed by atoms with E-state index < -0.39 is 0 Å². The molecule has 0 spiro atoms. The van der Waals surface area contributed by atoms with Gasteiger partial charge in [-0.05, 0) is 81.1 Å². The van der Waals surface area contributed by atoms with Crippen LogP contribution in [-0.4, -0.2) is 43.4 Å². The van der Waals surface area contributed by atoms with Crippen LogP contribution < -0.4 is 15.4 Å². The van der Waals surface area contributed by atoms with Crippen LogP contribution in [0.1, 0.15) is 44.1 Å². The van der Waals surface area contributed by atoms with Gasteiger partial charge in [0.15, 0.2) is 0 Å². The van der Waals surface area contributed by atoms with Crippen molar-refractivity contribution in [1.29, 1.82) is 0 Å². The molecule has 1 amide bonds. The second-order valence-electron chi connectivity index (χ2n) is 7.77. The summed E-state index contributed by atoms with van der Waals surface area (Å²) in [6.45, 7) is 2.06. The van der Waals surface area contributed by atoms with Gasteiger partial charge in [0.1, 0.15) is 5.75 Å². The molecule has 0 unspecified atom stereocenters. The standard InChI is InChI=1S/C21H32N2O3/c1-26-19-7-5-15(6-8-19)3-2-4-20(25)23-21(17-13-18(24)14-17)16-9-11-22-12-10-16/h5-8,16-18,21-22,24H,2-4,9-14H2,1H3,(H,23,25)/t17?,18?,21-/m0/s1. The first kappa shape index (κ1) is 19.2. The second-order valence-corrected chi connectivity index (χ2v) is 7.77. The van der Waals surface area contributed by atoms with Crippen LogP contribution in [-0.2, 0) is 11.2 Å². The van der Waals surface area contributed by atoms with Crippen molar-refractivity contribution < 1.29 is 14.6 Å². The molecule has 2 fully saturated rings. The Balaban J connectivity index is 1.45. The van der Waals surface area contributed by atoms with Crippen molar-refractivity contribution in [2.45, 2.75) is 57.1 Å². The fourth-order valence-electron chi connectivity index (χ4n) is 4.25. The van der Waals surface area contributed by atoms with Crippen LogP contribution in [0.5, 0.6) is 5.75 Å². The minimum atomic E-state index is -0.170. The molecule has 1 aromatic carbocycles. The molecule has 1 aromatic rings. The number of benzene rings is 1. The Bertz CT molecular complexity index is 563. The summed E-state index contributed by atoms with van der Waals surface area (Å²) < 4.78 is 5.17. The summed E-state index contributed by atoms with van der Waals surface area (Å²) in [5, 5.41) is 16.4. The zero-order chi connectivity index (χ0) is 18.4. The van der Waals surface area contributed by atoms with Gasteiger partial charge in [-0.2, -0.15) is 0 Å². The number of aryl methyl sites for hydroxylation is 1. The van der Waals surface area contributed by atoms with Crippen molar-refractivity contribution in [2.24, 2.45) is 11.8 Å². The highest BCUT2D eigenvalue weighted by Gasteiger charge is 2.38. The van der Waals surface area contributed by atoms with Crippen LogP contribution in [0.3, 0.4) is 0 Å². The smallest absolute Gasteiger partial charge is 0.220 e. The number of aliphatic hydroxyl groups is 1. The third kappa shape index (κ3) is 5.21. The fourth-order valence-corrected chi connectivity index (χ4v) is 4.25. The predicted molar refractivity (Wildman–Crippen MR) is 102 cm³/mol. The van der Waals surface area contributed by atoms with E-state index in [-0.39, 0.29) is 18.1 Å². The van der Waals surface area contributed by atoms with Gasteiger partial charge in [0.05, 0.1) is 13.2 Å². The molecule has 1 heterocycles. The summed E-state index contributed by atoms with van der Waals surface area (Å²) in [4.78, 5) is 12.5. The van der Waals surface area contributed by atoms with Gasteiger partial charge in [0, 0.05) is 12.5 Å². The van der Waals surface area contributed by atoms with E-state index in [9.17, 15) is 9.90 Å². The van der Waals surface area contributed by atoms with Crippen LogP contribution in [0.25, 0.3) is 0 Å². The number of hydrogen-bond donors (Lipinski definition) is 3. The summed E-state index contributed by atoms with van der Waals surface area (Å²) >= 11 is 0. The SMILES string of the molecule is COc1ccc(CCCC(=O)N[C@@H](C2CCNCC2)C2CC(O)C2)cc1. The van der Waals surface area contributed by atoms with E-state index in [0.717, 1.165) is 57.4 Å². The quantitative estimate of drug-likeness (QED) is 0.665. The Morgan fingerprint density at radius 1 is 1.23 bits per heavy atom. The molecule has 5 heteroatoms. The average molecular weight is 360 g/mol. The van der Waals surface area contributed by atoms with Crippen LogP contribution in [0.2, 0.25) is 0 Å². The van der Waals surface area contributed by atoms with E-state index in [1.54, 1.807) is 7.11 Å². The second kappa shape index (κ2) is 9.38. The number of piperidine rings is 1. The third-order valence-corrected chi connectivity index (χ3v) is 5.91. The highest BCUT2D eigenvalue weighted by Crippen LogP contribution is 2.35. The zero-order valence-corrected chi connectivity index (χ0v) is 15.7. The first-order valence-electron chi connectivity index (χ1n) is 9.97. The lowest BCUT2D eigenvalue weighted by Gasteiger charge is -2.43. The maximum atomic E-state index is 12.5. The zero-order valence-electron chi connectivity index (χ0n) is 15.7. The fraction of sp³-hybridized carbons (Fsp3) is 0.667. The van der Waals surface area contributed by atoms with Crippen LogP contribution in [0, 0.1) is 11.8 Å². The summed E-state index contributed by atoms with van der Waals surface area (Å²) in [6.07, 6.45) is 6.04. The van der Waals surface area contributed by atoms with Gasteiger partial charge < -0.3 is 20.5 Å². The van der Waals surface area contributed by atoms with Crippen molar-refractivity contribution in [3.05, 3.63) is 29.8 Å². The van der Waals surface area contributed by atoms with E-state index in [4.69, 9.17) is 4.74 Å². The number of amides is 1. The average Bonchev–Trinajstić information content (AvgIpc) is 2.65. The molecule has 0 radical (unpaired) electrons. The van der Waals surface area contributed by atoms with E-state index in [1.807, 2.05) is 12.1 Å².